The van der Waals surface area contributed by atoms with Gasteiger partial charge in [-0.25, -0.2) is 8.78 Å². The molecular weight excluding hydrogens is 306 g/mol. The van der Waals surface area contributed by atoms with Crippen LogP contribution in [0.5, 0.6) is 0 Å². The third-order valence-electron chi connectivity index (χ3n) is 3.70. The Balaban J connectivity index is 1.64. The number of furan rings is 1. The van der Waals surface area contributed by atoms with Crippen LogP contribution in [0.3, 0.4) is 0 Å². The van der Waals surface area contributed by atoms with Crippen LogP contribution in [0.1, 0.15) is 12.2 Å². The van der Waals surface area contributed by atoms with Crippen LogP contribution in [0.4, 0.5) is 14.5 Å². The fourth-order valence-electron chi connectivity index (χ4n) is 2.52. The molecule has 1 atom stereocenters. The van der Waals surface area contributed by atoms with Crippen LogP contribution >= 0.6 is 0 Å². The van der Waals surface area contributed by atoms with E-state index in [4.69, 9.17) is 4.42 Å². The number of carbonyl (C=O) groups is 2. The van der Waals surface area contributed by atoms with Crippen LogP contribution in [0, 0.1) is 17.6 Å². The maximum atomic E-state index is 13.6. The molecular formula is C16H14F2N2O3. The zero-order valence-electron chi connectivity index (χ0n) is 12.1. The smallest absolute Gasteiger partial charge is 0.229 e. The predicted octanol–water partition coefficient (Wildman–Crippen LogP) is 2.55. The molecule has 0 saturated carbocycles. The zero-order valence-corrected chi connectivity index (χ0v) is 12.1. The van der Waals surface area contributed by atoms with E-state index in [0.717, 1.165) is 18.2 Å². The second kappa shape index (κ2) is 6.20. The van der Waals surface area contributed by atoms with Gasteiger partial charge in [0.2, 0.25) is 11.8 Å². The molecule has 1 aliphatic heterocycles. The Labute approximate surface area is 130 Å². The van der Waals surface area contributed by atoms with Gasteiger partial charge in [-0.15, -0.1) is 0 Å². The number of halogens is 2. The number of carbonyl (C=O) groups excluding carboxylic acids is 2. The predicted molar refractivity (Wildman–Crippen MR) is 77.2 cm³/mol. The summed E-state index contributed by atoms with van der Waals surface area (Å²) in [5, 5.41) is 2.34. The van der Waals surface area contributed by atoms with E-state index in [1.807, 2.05) is 0 Å². The molecule has 1 unspecified atom stereocenters. The molecule has 1 aliphatic rings. The van der Waals surface area contributed by atoms with Gasteiger partial charge in [0, 0.05) is 19.0 Å². The average molecular weight is 320 g/mol. The van der Waals surface area contributed by atoms with Gasteiger partial charge < -0.3 is 14.6 Å². The van der Waals surface area contributed by atoms with Crippen molar-refractivity contribution in [2.75, 3.05) is 11.9 Å². The summed E-state index contributed by atoms with van der Waals surface area (Å²) in [6.07, 6.45) is 1.54. The fourth-order valence-corrected chi connectivity index (χ4v) is 2.52. The van der Waals surface area contributed by atoms with E-state index in [9.17, 15) is 18.4 Å². The number of benzene rings is 1. The van der Waals surface area contributed by atoms with Crippen molar-refractivity contribution in [1.82, 2.24) is 4.90 Å². The number of amides is 2. The van der Waals surface area contributed by atoms with Crippen molar-refractivity contribution < 1.29 is 22.8 Å². The maximum Gasteiger partial charge on any atom is 0.229 e. The highest BCUT2D eigenvalue weighted by Gasteiger charge is 2.34. The Kier molecular flexibility index (Phi) is 4.10. The lowest BCUT2D eigenvalue weighted by molar-refractivity contribution is -0.128. The highest BCUT2D eigenvalue weighted by molar-refractivity contribution is 5.97. The van der Waals surface area contributed by atoms with Crippen molar-refractivity contribution in [2.45, 2.75) is 13.0 Å². The van der Waals surface area contributed by atoms with Gasteiger partial charge in [0.1, 0.15) is 17.4 Å². The summed E-state index contributed by atoms with van der Waals surface area (Å²) in [7, 11) is 0. The standard InChI is InChI=1S/C16H14F2N2O3/c17-11-3-4-13(18)14(7-11)19-16(22)10-6-15(21)20(8-10)9-12-2-1-5-23-12/h1-5,7,10H,6,8-9H2,(H,19,22). The quantitative estimate of drug-likeness (QED) is 0.941. The summed E-state index contributed by atoms with van der Waals surface area (Å²) < 4.78 is 31.8. The van der Waals surface area contributed by atoms with Gasteiger partial charge in [0.05, 0.1) is 24.4 Å². The largest absolute Gasteiger partial charge is 0.467 e. The molecule has 1 N–H and O–H groups in total. The summed E-state index contributed by atoms with van der Waals surface area (Å²) in [6.45, 7) is 0.492. The van der Waals surface area contributed by atoms with Crippen molar-refractivity contribution in [3.63, 3.8) is 0 Å². The molecule has 0 aliphatic carbocycles. The van der Waals surface area contributed by atoms with Crippen molar-refractivity contribution in [3.8, 4) is 0 Å². The van der Waals surface area contributed by atoms with Gasteiger partial charge in [-0.05, 0) is 24.3 Å². The summed E-state index contributed by atoms with van der Waals surface area (Å²) in [5.41, 5.74) is -0.230. The Hall–Kier alpha value is -2.70. The lowest BCUT2D eigenvalue weighted by Crippen LogP contribution is -2.28. The Morgan fingerprint density at radius 1 is 1.35 bits per heavy atom. The Morgan fingerprint density at radius 3 is 2.91 bits per heavy atom. The number of hydrogen-bond donors (Lipinski definition) is 1. The minimum atomic E-state index is -0.725. The number of likely N-dealkylation sites (tertiary alicyclic amines) is 1. The molecule has 0 spiro atoms. The first-order valence-corrected chi connectivity index (χ1v) is 7.09. The number of rotatable bonds is 4. The minimum Gasteiger partial charge on any atom is -0.467 e. The SMILES string of the molecule is O=C(Nc1cc(F)ccc1F)C1CC(=O)N(Cc2ccco2)C1. The molecule has 2 heterocycles. The van der Waals surface area contributed by atoms with Crippen molar-refractivity contribution in [2.24, 2.45) is 5.92 Å². The van der Waals surface area contributed by atoms with E-state index in [1.54, 1.807) is 12.1 Å². The summed E-state index contributed by atoms with van der Waals surface area (Å²) in [4.78, 5) is 25.6. The molecule has 2 amide bonds. The van der Waals surface area contributed by atoms with Crippen LogP contribution in [0.15, 0.2) is 41.0 Å². The van der Waals surface area contributed by atoms with Crippen molar-refractivity contribution >= 4 is 17.5 Å². The third kappa shape index (κ3) is 3.39. The molecule has 0 bridgehead atoms. The average Bonchev–Trinajstić information content (AvgIpc) is 3.14. The topological polar surface area (TPSA) is 62.6 Å². The molecule has 120 valence electrons. The Bertz CT molecular complexity index is 731. The summed E-state index contributed by atoms with van der Waals surface area (Å²) in [6, 6.07) is 6.27. The third-order valence-corrected chi connectivity index (χ3v) is 3.70. The number of anilines is 1. The van der Waals surface area contributed by atoms with E-state index in [0.29, 0.717) is 5.76 Å². The van der Waals surface area contributed by atoms with Crippen LogP contribution in [-0.2, 0) is 16.1 Å². The van der Waals surface area contributed by atoms with Crippen LogP contribution < -0.4 is 5.32 Å². The first-order chi connectivity index (χ1) is 11.0. The molecule has 5 nitrogen and oxygen atoms in total. The monoisotopic (exact) mass is 320 g/mol. The van der Waals surface area contributed by atoms with Gasteiger partial charge in [0.15, 0.2) is 0 Å². The lowest BCUT2D eigenvalue weighted by atomic mass is 10.1. The fraction of sp³-hybridized carbons (Fsp3) is 0.250. The van der Waals surface area contributed by atoms with Crippen LogP contribution in [0.2, 0.25) is 0 Å². The Morgan fingerprint density at radius 2 is 2.17 bits per heavy atom. The van der Waals surface area contributed by atoms with Crippen molar-refractivity contribution in [3.05, 3.63) is 54.0 Å². The molecule has 1 aromatic heterocycles. The summed E-state index contributed by atoms with van der Waals surface area (Å²) in [5.74, 6) is -2.05. The van der Waals surface area contributed by atoms with E-state index in [1.165, 1.54) is 11.2 Å². The second-order valence-electron chi connectivity index (χ2n) is 5.37. The molecule has 0 radical (unpaired) electrons. The number of hydrogen-bond acceptors (Lipinski definition) is 3. The maximum absolute atomic E-state index is 13.6. The van der Waals surface area contributed by atoms with Crippen LogP contribution in [0.25, 0.3) is 0 Å². The molecule has 1 saturated heterocycles. The number of nitrogens with zero attached hydrogens (tertiary/aromatic N) is 1. The van der Waals surface area contributed by atoms with Gasteiger partial charge in [0.25, 0.3) is 0 Å². The molecule has 1 aromatic carbocycles. The number of nitrogens with one attached hydrogen (secondary N) is 1. The van der Waals surface area contributed by atoms with Gasteiger partial charge in [-0.2, -0.15) is 0 Å². The highest BCUT2D eigenvalue weighted by atomic mass is 19.1. The van der Waals surface area contributed by atoms with E-state index < -0.39 is 23.5 Å². The molecule has 1 fully saturated rings. The van der Waals surface area contributed by atoms with E-state index in [-0.39, 0.29) is 31.1 Å². The first-order valence-electron chi connectivity index (χ1n) is 7.09. The van der Waals surface area contributed by atoms with Gasteiger partial charge in [-0.1, -0.05) is 0 Å². The lowest BCUT2D eigenvalue weighted by Gasteiger charge is -2.15. The van der Waals surface area contributed by atoms with Crippen molar-refractivity contribution in [1.29, 1.82) is 0 Å². The molecule has 23 heavy (non-hydrogen) atoms. The van der Waals surface area contributed by atoms with E-state index >= 15 is 0 Å². The molecule has 7 heteroatoms. The van der Waals surface area contributed by atoms with Gasteiger partial charge in [-0.3, -0.25) is 9.59 Å². The summed E-state index contributed by atoms with van der Waals surface area (Å²) >= 11 is 0. The second-order valence-corrected chi connectivity index (χ2v) is 5.37. The molecule has 2 aromatic rings. The highest BCUT2D eigenvalue weighted by Crippen LogP contribution is 2.23. The zero-order chi connectivity index (χ0) is 16.4. The minimum absolute atomic E-state index is 0.0312. The first kappa shape index (κ1) is 15.2. The van der Waals surface area contributed by atoms with E-state index in [2.05, 4.69) is 5.32 Å². The molecule has 3 rings (SSSR count). The van der Waals surface area contributed by atoms with Crippen LogP contribution in [-0.4, -0.2) is 23.3 Å². The normalized spacial score (nSPS) is 17.6. The van der Waals surface area contributed by atoms with Gasteiger partial charge >= 0.3 is 0 Å².